The SMILES string of the molecule is CCC(CC)CNc1ccc2c(c1)CCC(=O)N2. The Balaban J connectivity index is 2.01. The molecule has 18 heavy (non-hydrogen) atoms. The molecule has 1 aliphatic rings. The largest absolute Gasteiger partial charge is 0.385 e. The minimum Gasteiger partial charge on any atom is -0.385 e. The molecule has 0 atom stereocenters. The molecule has 2 rings (SSSR count). The third-order valence-electron chi connectivity index (χ3n) is 3.75. The normalized spacial score (nSPS) is 14.3. The van der Waals surface area contributed by atoms with Gasteiger partial charge in [-0.05, 0) is 36.1 Å². The number of carbonyl (C=O) groups is 1. The van der Waals surface area contributed by atoms with Gasteiger partial charge >= 0.3 is 0 Å². The molecule has 0 fully saturated rings. The van der Waals surface area contributed by atoms with Crippen LogP contribution in [-0.2, 0) is 11.2 Å². The van der Waals surface area contributed by atoms with Crippen LogP contribution >= 0.6 is 0 Å². The van der Waals surface area contributed by atoms with Gasteiger partial charge in [-0.15, -0.1) is 0 Å². The van der Waals surface area contributed by atoms with E-state index in [0.717, 1.165) is 30.3 Å². The van der Waals surface area contributed by atoms with Gasteiger partial charge in [0.05, 0.1) is 0 Å². The zero-order chi connectivity index (χ0) is 13.0. The zero-order valence-corrected chi connectivity index (χ0v) is 11.3. The summed E-state index contributed by atoms with van der Waals surface area (Å²) in [7, 11) is 0. The number of carbonyl (C=O) groups excluding carboxylic acids is 1. The molecule has 0 aliphatic carbocycles. The minimum atomic E-state index is 0.125. The van der Waals surface area contributed by atoms with Crippen LogP contribution in [0.4, 0.5) is 11.4 Å². The van der Waals surface area contributed by atoms with Gasteiger partial charge in [-0.3, -0.25) is 4.79 Å². The summed E-state index contributed by atoms with van der Waals surface area (Å²) in [5.74, 6) is 0.862. The van der Waals surface area contributed by atoms with Crippen LogP contribution in [0.3, 0.4) is 0 Å². The van der Waals surface area contributed by atoms with Crippen LogP contribution in [0.25, 0.3) is 0 Å². The molecule has 1 aromatic rings. The molecule has 1 amide bonds. The highest BCUT2D eigenvalue weighted by molar-refractivity contribution is 5.94. The number of hydrogen-bond donors (Lipinski definition) is 2. The molecule has 1 aliphatic heterocycles. The van der Waals surface area contributed by atoms with Gasteiger partial charge in [0, 0.05) is 24.3 Å². The maximum Gasteiger partial charge on any atom is 0.224 e. The van der Waals surface area contributed by atoms with Crippen molar-refractivity contribution in [2.45, 2.75) is 39.5 Å². The molecule has 3 nitrogen and oxygen atoms in total. The molecular formula is C15H22N2O. The van der Waals surface area contributed by atoms with Gasteiger partial charge < -0.3 is 10.6 Å². The van der Waals surface area contributed by atoms with E-state index in [1.807, 2.05) is 12.1 Å². The Bertz CT molecular complexity index is 425. The van der Waals surface area contributed by atoms with Crippen LogP contribution in [0.2, 0.25) is 0 Å². The van der Waals surface area contributed by atoms with Crippen molar-refractivity contribution >= 4 is 17.3 Å². The van der Waals surface area contributed by atoms with Gasteiger partial charge in [0.25, 0.3) is 0 Å². The number of amides is 1. The van der Waals surface area contributed by atoms with Crippen molar-refractivity contribution in [3.63, 3.8) is 0 Å². The van der Waals surface area contributed by atoms with E-state index in [2.05, 4.69) is 30.5 Å². The first-order valence-electron chi connectivity index (χ1n) is 6.89. The van der Waals surface area contributed by atoms with Crippen LogP contribution in [-0.4, -0.2) is 12.5 Å². The van der Waals surface area contributed by atoms with Crippen LogP contribution in [0, 0.1) is 5.92 Å². The molecule has 98 valence electrons. The average Bonchev–Trinajstić information content (AvgIpc) is 2.40. The van der Waals surface area contributed by atoms with Crippen molar-refractivity contribution in [3.8, 4) is 0 Å². The standard InChI is InChI=1S/C15H22N2O/c1-3-11(4-2)10-16-13-6-7-14-12(9-13)5-8-15(18)17-14/h6-7,9,11,16H,3-5,8,10H2,1-2H3,(H,17,18). The predicted molar refractivity (Wildman–Crippen MR) is 76.0 cm³/mol. The number of fused-ring (bicyclic) bond motifs is 1. The van der Waals surface area contributed by atoms with Crippen molar-refractivity contribution < 1.29 is 4.79 Å². The number of benzene rings is 1. The van der Waals surface area contributed by atoms with Crippen LogP contribution < -0.4 is 10.6 Å². The van der Waals surface area contributed by atoms with Crippen molar-refractivity contribution in [3.05, 3.63) is 23.8 Å². The third-order valence-corrected chi connectivity index (χ3v) is 3.75. The first-order chi connectivity index (χ1) is 8.72. The van der Waals surface area contributed by atoms with Gasteiger partial charge in [0.1, 0.15) is 0 Å². The Kier molecular flexibility index (Phi) is 4.24. The molecule has 0 aromatic heterocycles. The summed E-state index contributed by atoms with van der Waals surface area (Å²) in [6.07, 6.45) is 3.87. The van der Waals surface area contributed by atoms with Crippen molar-refractivity contribution in [1.29, 1.82) is 0 Å². The molecule has 1 aromatic carbocycles. The highest BCUT2D eigenvalue weighted by Crippen LogP contribution is 2.25. The minimum absolute atomic E-state index is 0.125. The molecule has 0 radical (unpaired) electrons. The molecule has 3 heteroatoms. The molecule has 1 heterocycles. The third kappa shape index (κ3) is 3.03. The summed E-state index contributed by atoms with van der Waals surface area (Å²) in [4.78, 5) is 11.3. The summed E-state index contributed by atoms with van der Waals surface area (Å²) in [5.41, 5.74) is 3.38. The Labute approximate surface area is 109 Å². The lowest BCUT2D eigenvalue weighted by molar-refractivity contribution is -0.116. The maximum absolute atomic E-state index is 11.3. The van der Waals surface area contributed by atoms with E-state index in [1.165, 1.54) is 18.4 Å². The number of nitrogens with one attached hydrogen (secondary N) is 2. The Morgan fingerprint density at radius 2 is 2.06 bits per heavy atom. The van der Waals surface area contributed by atoms with Crippen molar-refractivity contribution in [2.75, 3.05) is 17.2 Å². The molecule has 0 bridgehead atoms. The highest BCUT2D eigenvalue weighted by atomic mass is 16.1. The molecule has 2 N–H and O–H groups in total. The molecule has 0 unspecified atom stereocenters. The fraction of sp³-hybridized carbons (Fsp3) is 0.533. The Morgan fingerprint density at radius 3 is 2.78 bits per heavy atom. The number of hydrogen-bond acceptors (Lipinski definition) is 2. The fourth-order valence-electron chi connectivity index (χ4n) is 2.33. The molecule has 0 saturated heterocycles. The van der Waals surface area contributed by atoms with Crippen molar-refractivity contribution in [1.82, 2.24) is 0 Å². The van der Waals surface area contributed by atoms with Gasteiger partial charge in [0.2, 0.25) is 5.91 Å². The van der Waals surface area contributed by atoms with E-state index in [0.29, 0.717) is 6.42 Å². The topological polar surface area (TPSA) is 41.1 Å². The van der Waals surface area contributed by atoms with Crippen LogP contribution in [0.15, 0.2) is 18.2 Å². The number of rotatable bonds is 5. The monoisotopic (exact) mass is 246 g/mol. The second-order valence-electron chi connectivity index (χ2n) is 4.98. The zero-order valence-electron chi connectivity index (χ0n) is 11.3. The first kappa shape index (κ1) is 12.9. The van der Waals surface area contributed by atoms with E-state index < -0.39 is 0 Å². The quantitative estimate of drug-likeness (QED) is 0.835. The molecule has 0 spiro atoms. The maximum atomic E-state index is 11.3. The van der Waals surface area contributed by atoms with Gasteiger partial charge in [-0.2, -0.15) is 0 Å². The summed E-state index contributed by atoms with van der Waals surface area (Å²) >= 11 is 0. The lowest BCUT2D eigenvalue weighted by Gasteiger charge is -2.19. The number of aryl methyl sites for hydroxylation is 1. The fourth-order valence-corrected chi connectivity index (χ4v) is 2.33. The molecular weight excluding hydrogens is 224 g/mol. The average molecular weight is 246 g/mol. The Hall–Kier alpha value is -1.51. The van der Waals surface area contributed by atoms with Gasteiger partial charge in [-0.25, -0.2) is 0 Å². The van der Waals surface area contributed by atoms with E-state index in [9.17, 15) is 4.79 Å². The molecule has 0 saturated carbocycles. The van der Waals surface area contributed by atoms with E-state index in [-0.39, 0.29) is 5.91 Å². The lowest BCUT2D eigenvalue weighted by atomic mass is 10.0. The first-order valence-corrected chi connectivity index (χ1v) is 6.89. The highest BCUT2D eigenvalue weighted by Gasteiger charge is 2.14. The van der Waals surface area contributed by atoms with E-state index >= 15 is 0 Å². The summed E-state index contributed by atoms with van der Waals surface area (Å²) in [6, 6.07) is 6.21. The summed E-state index contributed by atoms with van der Waals surface area (Å²) in [5, 5.41) is 6.40. The predicted octanol–water partition coefficient (Wildman–Crippen LogP) is 3.42. The lowest BCUT2D eigenvalue weighted by Crippen LogP contribution is -2.19. The van der Waals surface area contributed by atoms with Gasteiger partial charge in [0.15, 0.2) is 0 Å². The second-order valence-corrected chi connectivity index (χ2v) is 4.98. The number of anilines is 2. The second kappa shape index (κ2) is 5.89. The van der Waals surface area contributed by atoms with Crippen LogP contribution in [0.5, 0.6) is 0 Å². The van der Waals surface area contributed by atoms with Gasteiger partial charge in [-0.1, -0.05) is 26.7 Å². The summed E-state index contributed by atoms with van der Waals surface area (Å²) in [6.45, 7) is 5.49. The summed E-state index contributed by atoms with van der Waals surface area (Å²) < 4.78 is 0. The van der Waals surface area contributed by atoms with E-state index in [4.69, 9.17) is 0 Å². The van der Waals surface area contributed by atoms with E-state index in [1.54, 1.807) is 0 Å². The van der Waals surface area contributed by atoms with Crippen LogP contribution in [0.1, 0.15) is 38.7 Å². The Morgan fingerprint density at radius 1 is 1.28 bits per heavy atom. The smallest absolute Gasteiger partial charge is 0.224 e. The van der Waals surface area contributed by atoms with Crippen molar-refractivity contribution in [2.24, 2.45) is 5.92 Å².